The Balaban J connectivity index is 1.23. The number of morpholine rings is 1. The summed E-state index contributed by atoms with van der Waals surface area (Å²) >= 11 is 0. The van der Waals surface area contributed by atoms with E-state index in [9.17, 15) is 4.79 Å². The Hall–Kier alpha value is -2.66. The maximum atomic E-state index is 13.3. The van der Waals surface area contributed by atoms with Crippen molar-refractivity contribution in [3.05, 3.63) is 66.0 Å². The van der Waals surface area contributed by atoms with Crippen LogP contribution in [-0.4, -0.2) is 46.7 Å². The van der Waals surface area contributed by atoms with E-state index >= 15 is 0 Å². The molecule has 4 fully saturated rings. The van der Waals surface area contributed by atoms with Gasteiger partial charge in [-0.15, -0.1) is 0 Å². The summed E-state index contributed by atoms with van der Waals surface area (Å²) < 4.78 is 7.78. The second-order valence-electron chi connectivity index (χ2n) is 10.6. The van der Waals surface area contributed by atoms with Crippen LogP contribution in [0.2, 0.25) is 0 Å². The number of hydrogen-bond acceptors (Lipinski definition) is 3. The van der Waals surface area contributed by atoms with Gasteiger partial charge in [-0.05, 0) is 73.5 Å². The molecule has 5 nitrogen and oxygen atoms in total. The van der Waals surface area contributed by atoms with Crippen molar-refractivity contribution < 1.29 is 9.53 Å². The summed E-state index contributed by atoms with van der Waals surface area (Å²) in [6.07, 6.45) is 12.9. The fourth-order valence-electron chi connectivity index (χ4n) is 6.58. The van der Waals surface area contributed by atoms with Gasteiger partial charge >= 0.3 is 0 Å². The van der Waals surface area contributed by atoms with Crippen LogP contribution in [0.3, 0.4) is 0 Å². The maximum Gasteiger partial charge on any atom is 0.257 e. The van der Waals surface area contributed by atoms with Crippen molar-refractivity contribution in [2.75, 3.05) is 26.3 Å². The highest BCUT2D eigenvalue weighted by Gasteiger charge is 2.48. The molecule has 2 bridgehead atoms. The van der Waals surface area contributed by atoms with Gasteiger partial charge in [-0.2, -0.15) is 0 Å². The molecule has 4 aliphatic rings. The van der Waals surface area contributed by atoms with E-state index in [1.165, 1.54) is 50.5 Å². The average molecular weight is 444 g/mol. The first kappa shape index (κ1) is 20.9. The Bertz CT molecular complexity index is 1120. The number of aromatic nitrogens is 2. The minimum atomic E-state index is 0.0902. The van der Waals surface area contributed by atoms with Crippen molar-refractivity contribution in [1.29, 1.82) is 0 Å². The standard InChI is InChI=1S/C28H33N3O2/c32-26(30-15-17-33-18-16-30)23-20-31(24-7-4-14-29-25(23)24)21-28-11-8-27(9-12-28,10-13-28)19-22-5-2-1-3-6-22/h1-7,14,20H,8-13,15-19,21H2. The van der Waals surface area contributed by atoms with Crippen LogP contribution in [0, 0.1) is 10.8 Å². The lowest BCUT2D eigenvalue weighted by Gasteiger charge is -2.54. The lowest BCUT2D eigenvalue weighted by Crippen LogP contribution is -2.44. The number of carbonyl (C=O) groups is 1. The molecule has 3 aliphatic carbocycles. The molecule has 3 saturated carbocycles. The van der Waals surface area contributed by atoms with Crippen molar-refractivity contribution in [3.63, 3.8) is 0 Å². The van der Waals surface area contributed by atoms with Crippen molar-refractivity contribution in [1.82, 2.24) is 14.5 Å². The van der Waals surface area contributed by atoms with Gasteiger partial charge in [-0.25, -0.2) is 0 Å². The molecule has 2 aromatic heterocycles. The van der Waals surface area contributed by atoms with Crippen LogP contribution in [0.4, 0.5) is 0 Å². The molecule has 0 unspecified atom stereocenters. The molecule has 1 aromatic carbocycles. The summed E-state index contributed by atoms with van der Waals surface area (Å²) in [4.78, 5) is 19.8. The third kappa shape index (κ3) is 3.86. The number of carbonyl (C=O) groups excluding carboxylic acids is 1. The molecule has 1 aliphatic heterocycles. The van der Waals surface area contributed by atoms with Gasteiger partial charge in [0.2, 0.25) is 0 Å². The van der Waals surface area contributed by atoms with Gasteiger partial charge in [0.25, 0.3) is 5.91 Å². The topological polar surface area (TPSA) is 47.4 Å². The number of benzene rings is 1. The molecule has 0 N–H and O–H groups in total. The monoisotopic (exact) mass is 443 g/mol. The second kappa shape index (κ2) is 8.28. The highest BCUT2D eigenvalue weighted by molar-refractivity contribution is 6.05. The summed E-state index contributed by atoms with van der Waals surface area (Å²) in [5.41, 5.74) is 5.00. The minimum absolute atomic E-state index is 0.0902. The van der Waals surface area contributed by atoms with E-state index in [4.69, 9.17) is 4.74 Å². The summed E-state index contributed by atoms with van der Waals surface area (Å²) in [6, 6.07) is 15.1. The molecular weight excluding hydrogens is 410 g/mol. The Morgan fingerprint density at radius 1 is 0.909 bits per heavy atom. The van der Waals surface area contributed by atoms with E-state index in [0.717, 1.165) is 23.1 Å². The zero-order valence-electron chi connectivity index (χ0n) is 19.3. The molecule has 33 heavy (non-hydrogen) atoms. The zero-order chi connectivity index (χ0) is 22.3. The summed E-state index contributed by atoms with van der Waals surface area (Å²) in [5.74, 6) is 0.0902. The molecule has 5 heteroatoms. The fourth-order valence-corrected chi connectivity index (χ4v) is 6.58. The number of amides is 1. The van der Waals surface area contributed by atoms with Crippen LogP contribution in [0.15, 0.2) is 54.9 Å². The first-order chi connectivity index (χ1) is 16.2. The lowest BCUT2D eigenvalue weighted by atomic mass is 9.52. The van der Waals surface area contributed by atoms with Crippen LogP contribution >= 0.6 is 0 Å². The summed E-state index contributed by atoms with van der Waals surface area (Å²) in [6.45, 7) is 3.54. The number of pyridine rings is 1. The number of rotatable bonds is 5. The molecule has 7 rings (SSSR count). The molecule has 0 radical (unpaired) electrons. The maximum absolute atomic E-state index is 13.3. The zero-order valence-corrected chi connectivity index (χ0v) is 19.3. The molecular formula is C28H33N3O2. The third-order valence-corrected chi connectivity index (χ3v) is 8.65. The largest absolute Gasteiger partial charge is 0.378 e. The lowest BCUT2D eigenvalue weighted by molar-refractivity contribution is -0.0186. The van der Waals surface area contributed by atoms with Gasteiger partial charge in [-0.1, -0.05) is 30.3 Å². The smallest absolute Gasteiger partial charge is 0.257 e. The van der Waals surface area contributed by atoms with Crippen LogP contribution < -0.4 is 0 Å². The van der Waals surface area contributed by atoms with Gasteiger partial charge in [0.1, 0.15) is 5.52 Å². The van der Waals surface area contributed by atoms with E-state index in [-0.39, 0.29) is 5.91 Å². The first-order valence-corrected chi connectivity index (χ1v) is 12.5. The number of fused-ring (bicyclic) bond motifs is 4. The Morgan fingerprint density at radius 2 is 1.61 bits per heavy atom. The average Bonchev–Trinajstić information content (AvgIpc) is 3.24. The second-order valence-corrected chi connectivity index (χ2v) is 10.6. The minimum Gasteiger partial charge on any atom is -0.378 e. The van der Waals surface area contributed by atoms with Crippen LogP contribution in [-0.2, 0) is 17.7 Å². The van der Waals surface area contributed by atoms with Crippen molar-refractivity contribution in [2.45, 2.75) is 51.5 Å². The molecule has 172 valence electrons. The number of hydrogen-bond donors (Lipinski definition) is 0. The van der Waals surface area contributed by atoms with Crippen LogP contribution in [0.25, 0.3) is 11.0 Å². The highest BCUT2D eigenvalue weighted by atomic mass is 16.5. The summed E-state index contributed by atoms with van der Waals surface area (Å²) in [5, 5.41) is 0. The van der Waals surface area contributed by atoms with Gasteiger partial charge in [0.05, 0.1) is 24.3 Å². The van der Waals surface area contributed by atoms with E-state index < -0.39 is 0 Å². The van der Waals surface area contributed by atoms with Crippen LogP contribution in [0.1, 0.15) is 54.4 Å². The predicted molar refractivity (Wildman–Crippen MR) is 129 cm³/mol. The van der Waals surface area contributed by atoms with E-state index in [2.05, 4.69) is 52.1 Å². The number of ether oxygens (including phenoxy) is 1. The van der Waals surface area contributed by atoms with Crippen LogP contribution in [0.5, 0.6) is 0 Å². The van der Waals surface area contributed by atoms with Gasteiger partial charge in [-0.3, -0.25) is 9.78 Å². The predicted octanol–water partition coefficient (Wildman–Crippen LogP) is 5.09. The Kier molecular flexibility index (Phi) is 5.25. The Labute approximate surface area is 195 Å². The van der Waals surface area contributed by atoms with Crippen molar-refractivity contribution in [3.8, 4) is 0 Å². The molecule has 0 spiro atoms. The van der Waals surface area contributed by atoms with E-state index in [0.29, 0.717) is 37.1 Å². The molecule has 1 amide bonds. The normalized spacial score (nSPS) is 27.2. The van der Waals surface area contributed by atoms with E-state index in [1.807, 2.05) is 11.0 Å². The Morgan fingerprint density at radius 3 is 2.33 bits per heavy atom. The summed E-state index contributed by atoms with van der Waals surface area (Å²) in [7, 11) is 0. The number of nitrogens with zero attached hydrogens (tertiary/aromatic N) is 3. The van der Waals surface area contributed by atoms with Crippen molar-refractivity contribution in [2.24, 2.45) is 10.8 Å². The molecule has 3 aromatic rings. The quantitative estimate of drug-likeness (QED) is 0.552. The first-order valence-electron chi connectivity index (χ1n) is 12.5. The highest BCUT2D eigenvalue weighted by Crippen LogP contribution is 2.58. The third-order valence-electron chi connectivity index (χ3n) is 8.65. The van der Waals surface area contributed by atoms with Gasteiger partial charge in [0, 0.05) is 32.0 Å². The van der Waals surface area contributed by atoms with Gasteiger partial charge in [0.15, 0.2) is 0 Å². The fraction of sp³-hybridized carbons (Fsp3) is 0.500. The van der Waals surface area contributed by atoms with Gasteiger partial charge < -0.3 is 14.2 Å². The van der Waals surface area contributed by atoms with Crippen molar-refractivity contribution >= 4 is 16.9 Å². The van der Waals surface area contributed by atoms with E-state index in [1.54, 1.807) is 6.20 Å². The molecule has 1 saturated heterocycles. The molecule has 0 atom stereocenters. The SMILES string of the molecule is O=C(c1cn(CC23CCC(Cc4ccccc4)(CC2)CC3)c2cccnc12)N1CCOCC1. The molecule has 3 heterocycles.